The molecule has 0 bridgehead atoms. The van der Waals surface area contributed by atoms with Crippen LogP contribution >= 0.6 is 11.6 Å². The molecule has 1 aliphatic rings. The second kappa shape index (κ2) is 8.67. The van der Waals surface area contributed by atoms with Gasteiger partial charge in [-0.1, -0.05) is 24.6 Å². The van der Waals surface area contributed by atoms with Crippen molar-refractivity contribution in [3.63, 3.8) is 0 Å². The summed E-state index contributed by atoms with van der Waals surface area (Å²) in [4.78, 5) is 50.6. The Kier molecular flexibility index (Phi) is 6.22. The fourth-order valence-electron chi connectivity index (χ4n) is 3.05. The highest BCUT2D eigenvalue weighted by Gasteiger charge is 2.38. The van der Waals surface area contributed by atoms with Crippen molar-refractivity contribution in [3.05, 3.63) is 63.7 Å². The van der Waals surface area contributed by atoms with Crippen LogP contribution in [0.25, 0.3) is 0 Å². The van der Waals surface area contributed by atoms with Gasteiger partial charge in [-0.2, -0.15) is 0 Å². The number of hydrogen-bond donors (Lipinski definition) is 1. The van der Waals surface area contributed by atoms with E-state index >= 15 is 0 Å². The van der Waals surface area contributed by atoms with E-state index in [1.807, 2.05) is 13.8 Å². The maximum Gasteiger partial charge on any atom is 0.338 e. The van der Waals surface area contributed by atoms with Gasteiger partial charge in [-0.15, -0.1) is 0 Å². The summed E-state index contributed by atoms with van der Waals surface area (Å²) >= 11 is 6.02. The molecule has 3 rings (SSSR count). The van der Waals surface area contributed by atoms with Gasteiger partial charge in [0, 0.05) is 16.8 Å². The number of rotatable bonds is 6. The first-order valence-electron chi connectivity index (χ1n) is 9.48. The van der Waals surface area contributed by atoms with Gasteiger partial charge in [0.2, 0.25) is 0 Å². The van der Waals surface area contributed by atoms with Crippen LogP contribution < -0.4 is 5.32 Å². The molecule has 1 N–H and O–H groups in total. The van der Waals surface area contributed by atoms with Crippen LogP contribution in [-0.2, 0) is 9.53 Å². The number of nitrogens with one attached hydrogen (secondary N) is 1. The molecule has 3 amide bonds. The summed E-state index contributed by atoms with van der Waals surface area (Å²) in [6.45, 7) is 5.00. The first-order valence-corrected chi connectivity index (χ1v) is 9.85. The van der Waals surface area contributed by atoms with Crippen LogP contribution in [0.4, 0.5) is 5.69 Å². The highest BCUT2D eigenvalue weighted by atomic mass is 35.5. The molecule has 8 heteroatoms. The van der Waals surface area contributed by atoms with Gasteiger partial charge in [0.1, 0.15) is 0 Å². The van der Waals surface area contributed by atoms with Crippen molar-refractivity contribution in [2.75, 3.05) is 11.9 Å². The first kappa shape index (κ1) is 21.5. The van der Waals surface area contributed by atoms with Crippen LogP contribution in [0.3, 0.4) is 0 Å². The van der Waals surface area contributed by atoms with E-state index in [4.69, 9.17) is 16.3 Å². The minimum absolute atomic E-state index is 0.0899. The summed E-state index contributed by atoms with van der Waals surface area (Å²) in [7, 11) is 0. The lowest BCUT2D eigenvalue weighted by atomic mass is 10.1. The molecule has 156 valence electrons. The van der Waals surface area contributed by atoms with Crippen molar-refractivity contribution in [3.8, 4) is 0 Å². The lowest BCUT2D eigenvalue weighted by molar-refractivity contribution is -0.119. The van der Waals surface area contributed by atoms with E-state index in [1.54, 1.807) is 25.1 Å². The summed E-state index contributed by atoms with van der Waals surface area (Å²) < 4.78 is 5.04. The smallest absolute Gasteiger partial charge is 0.338 e. The van der Waals surface area contributed by atoms with Gasteiger partial charge in [0.25, 0.3) is 17.7 Å². The second-order valence-corrected chi connectivity index (χ2v) is 7.49. The number of benzene rings is 2. The Hall–Kier alpha value is -3.19. The molecular formula is C22H21ClN2O5. The zero-order valence-electron chi connectivity index (χ0n) is 16.8. The van der Waals surface area contributed by atoms with E-state index in [-0.39, 0.29) is 28.6 Å². The Morgan fingerprint density at radius 1 is 1.10 bits per heavy atom. The molecule has 0 saturated heterocycles. The molecule has 0 radical (unpaired) electrons. The molecule has 0 aliphatic carbocycles. The molecule has 0 fully saturated rings. The van der Waals surface area contributed by atoms with Gasteiger partial charge < -0.3 is 10.1 Å². The minimum Gasteiger partial charge on any atom is -0.452 e. The topological polar surface area (TPSA) is 92.8 Å². The number of esters is 1. The zero-order chi connectivity index (χ0) is 22.0. The van der Waals surface area contributed by atoms with Crippen molar-refractivity contribution < 1.29 is 23.9 Å². The summed E-state index contributed by atoms with van der Waals surface area (Å²) in [5.41, 5.74) is 1.86. The summed E-state index contributed by atoms with van der Waals surface area (Å²) in [6, 6.07) is 8.97. The van der Waals surface area contributed by atoms with E-state index in [9.17, 15) is 19.2 Å². The van der Waals surface area contributed by atoms with Crippen LogP contribution in [0.1, 0.15) is 56.9 Å². The molecule has 0 aromatic heterocycles. The van der Waals surface area contributed by atoms with Crippen LogP contribution in [0.15, 0.2) is 36.4 Å². The lowest BCUT2D eigenvalue weighted by Gasteiger charge is -2.20. The van der Waals surface area contributed by atoms with Crippen molar-refractivity contribution in [2.24, 2.45) is 0 Å². The van der Waals surface area contributed by atoms with Crippen LogP contribution in [0.5, 0.6) is 0 Å². The van der Waals surface area contributed by atoms with Crippen LogP contribution in [-0.4, -0.2) is 41.2 Å². The molecule has 2 aromatic rings. The third-order valence-electron chi connectivity index (χ3n) is 4.98. The Morgan fingerprint density at radius 2 is 1.80 bits per heavy atom. The number of aryl methyl sites for hydroxylation is 1. The highest BCUT2D eigenvalue weighted by molar-refractivity contribution is 6.31. The third-order valence-corrected chi connectivity index (χ3v) is 5.38. The van der Waals surface area contributed by atoms with Gasteiger partial charge in [0.15, 0.2) is 6.61 Å². The number of imide groups is 1. The molecule has 1 unspecified atom stereocenters. The van der Waals surface area contributed by atoms with Gasteiger partial charge in [-0.05, 0) is 56.2 Å². The Balaban J connectivity index is 1.65. The molecule has 1 heterocycles. The highest BCUT2D eigenvalue weighted by Crippen LogP contribution is 2.27. The van der Waals surface area contributed by atoms with E-state index in [1.165, 1.54) is 23.1 Å². The predicted molar refractivity (Wildman–Crippen MR) is 112 cm³/mol. The molecule has 1 atom stereocenters. The SMILES string of the molecule is CCC(C)N1C(=O)c2ccc(C(=O)OCC(=O)Nc3ccc(C)c(Cl)c3)cc2C1=O. The van der Waals surface area contributed by atoms with Crippen LogP contribution in [0, 0.1) is 6.92 Å². The lowest BCUT2D eigenvalue weighted by Crippen LogP contribution is -2.37. The monoisotopic (exact) mass is 428 g/mol. The normalized spacial score (nSPS) is 13.8. The zero-order valence-corrected chi connectivity index (χ0v) is 17.6. The van der Waals surface area contributed by atoms with Crippen molar-refractivity contribution in [2.45, 2.75) is 33.2 Å². The number of ether oxygens (including phenoxy) is 1. The average Bonchev–Trinajstić information content (AvgIpc) is 2.98. The number of anilines is 1. The number of carbonyl (C=O) groups excluding carboxylic acids is 4. The third kappa shape index (κ3) is 4.21. The predicted octanol–water partition coefficient (Wildman–Crippen LogP) is 3.84. The van der Waals surface area contributed by atoms with E-state index in [0.717, 1.165) is 5.56 Å². The maximum absolute atomic E-state index is 12.6. The number of amides is 3. The largest absolute Gasteiger partial charge is 0.452 e. The number of nitrogens with zero attached hydrogens (tertiary/aromatic N) is 1. The molecule has 1 aliphatic heterocycles. The fourth-order valence-corrected chi connectivity index (χ4v) is 3.23. The summed E-state index contributed by atoms with van der Waals surface area (Å²) in [5.74, 6) is -2.11. The molecule has 30 heavy (non-hydrogen) atoms. The quantitative estimate of drug-likeness (QED) is 0.557. The van der Waals surface area contributed by atoms with E-state index in [0.29, 0.717) is 17.1 Å². The van der Waals surface area contributed by atoms with Crippen molar-refractivity contribution in [1.82, 2.24) is 4.90 Å². The maximum atomic E-state index is 12.6. The van der Waals surface area contributed by atoms with Gasteiger partial charge in [0.05, 0.1) is 16.7 Å². The van der Waals surface area contributed by atoms with Gasteiger partial charge >= 0.3 is 5.97 Å². The first-order chi connectivity index (χ1) is 14.2. The van der Waals surface area contributed by atoms with Crippen molar-refractivity contribution >= 4 is 41.0 Å². The number of halogens is 1. The minimum atomic E-state index is -0.767. The summed E-state index contributed by atoms with van der Waals surface area (Å²) in [6.07, 6.45) is 0.627. The molecule has 7 nitrogen and oxygen atoms in total. The average molecular weight is 429 g/mol. The molecule has 0 spiro atoms. The number of fused-ring (bicyclic) bond motifs is 1. The van der Waals surface area contributed by atoms with Gasteiger partial charge in [-0.3, -0.25) is 19.3 Å². The Morgan fingerprint density at radius 3 is 2.47 bits per heavy atom. The summed E-state index contributed by atoms with van der Waals surface area (Å²) in [5, 5.41) is 3.10. The molecule has 2 aromatic carbocycles. The molecular weight excluding hydrogens is 408 g/mol. The van der Waals surface area contributed by atoms with Crippen molar-refractivity contribution in [1.29, 1.82) is 0 Å². The Bertz CT molecular complexity index is 1050. The standard InChI is InChI=1S/C22H21ClN2O5/c1-4-13(3)25-20(27)16-8-6-14(9-17(16)21(25)28)22(29)30-11-19(26)24-15-7-5-12(2)18(23)10-15/h5-10,13H,4,11H2,1-3H3,(H,24,26). The van der Waals surface area contributed by atoms with Crippen LogP contribution in [0.2, 0.25) is 5.02 Å². The Labute approximate surface area is 179 Å². The fraction of sp³-hybridized carbons (Fsp3) is 0.273. The van der Waals surface area contributed by atoms with E-state index in [2.05, 4.69) is 5.32 Å². The molecule has 0 saturated carbocycles. The number of hydrogen-bond acceptors (Lipinski definition) is 5. The van der Waals surface area contributed by atoms with Gasteiger partial charge in [-0.25, -0.2) is 4.79 Å². The van der Waals surface area contributed by atoms with E-state index < -0.39 is 24.4 Å². The second-order valence-electron chi connectivity index (χ2n) is 7.09. The number of carbonyl (C=O) groups is 4.